The molecule has 6 rings (SSSR count). The third-order valence-corrected chi connectivity index (χ3v) is 11.1. The smallest absolute Gasteiger partial charge is 0.263 e. The van der Waals surface area contributed by atoms with Crippen molar-refractivity contribution in [2.75, 3.05) is 0 Å². The summed E-state index contributed by atoms with van der Waals surface area (Å²) < 4.78 is 0.420. The van der Waals surface area contributed by atoms with Crippen LogP contribution >= 0.6 is 48.0 Å². The second-order valence-electron chi connectivity index (χ2n) is 12.7. The molecule has 0 radical (unpaired) electrons. The summed E-state index contributed by atoms with van der Waals surface area (Å²) in [6.07, 6.45) is 2.70. The number of fused-ring (bicyclic) bond motifs is 2. The van der Waals surface area contributed by atoms with E-state index < -0.39 is 34.8 Å². The Kier molecular flexibility index (Phi) is 8.96. The van der Waals surface area contributed by atoms with Crippen LogP contribution in [0.4, 0.5) is 0 Å². The van der Waals surface area contributed by atoms with E-state index in [0.717, 1.165) is 23.5 Å². The second-order valence-corrected chi connectivity index (χ2v) is 16.2. The van der Waals surface area contributed by atoms with Crippen molar-refractivity contribution >= 4 is 102 Å². The van der Waals surface area contributed by atoms with Gasteiger partial charge in [-0.15, -0.1) is 0 Å². The minimum absolute atomic E-state index is 0.0312. The van der Waals surface area contributed by atoms with Crippen molar-refractivity contribution in [1.82, 2.24) is 10.6 Å². The molecule has 8 N–H and O–H groups in total. The first-order valence-corrected chi connectivity index (χ1v) is 17.9. The third-order valence-electron chi connectivity index (χ3n) is 8.82. The number of aromatic hydroxyl groups is 6. The summed E-state index contributed by atoms with van der Waals surface area (Å²) in [5.74, 6) is -4.22. The first kappa shape index (κ1) is 35.3. The molecule has 0 bridgehead atoms. The molecule has 2 heterocycles. The standard InChI is InChI=1S/C36H32N2O8S4/c1-11(2)21-15-7-13(5)23(29(41)25(15)17(27(39)31(21)43)9-19-33(45)37-35(47)49-19)24-14(6)8-16-22(12(3)4)32(44)28(40)18(26(16)30(24)42)10-20-34(46)38-36(48)50-20/h7-12,39-44H,1-6H3,(H,37,45,47)(H,38,46,48)/b19-9-,20-10-. The van der Waals surface area contributed by atoms with E-state index in [1.54, 1.807) is 26.0 Å². The Morgan fingerprint density at radius 2 is 0.940 bits per heavy atom. The number of phenolic OH excluding ortho intramolecular Hbond substituents is 6. The molecule has 2 amide bonds. The maximum Gasteiger partial charge on any atom is 0.263 e. The van der Waals surface area contributed by atoms with Gasteiger partial charge in [-0.2, -0.15) is 0 Å². The molecular formula is C36H32N2O8S4. The van der Waals surface area contributed by atoms with E-state index in [0.29, 0.717) is 33.0 Å². The number of carbonyl (C=O) groups excluding carboxylic acids is 2. The van der Waals surface area contributed by atoms with Crippen LogP contribution in [0, 0.1) is 13.8 Å². The van der Waals surface area contributed by atoms with Crippen molar-refractivity contribution < 1.29 is 40.2 Å². The van der Waals surface area contributed by atoms with E-state index in [1.165, 1.54) is 12.2 Å². The number of amides is 2. The minimum atomic E-state index is -0.550. The maximum atomic E-state index is 12.7. The van der Waals surface area contributed by atoms with Crippen molar-refractivity contribution in [3.8, 4) is 45.6 Å². The van der Waals surface area contributed by atoms with Crippen molar-refractivity contribution in [3.05, 3.63) is 55.3 Å². The number of hydrogen-bond acceptors (Lipinski definition) is 12. The largest absolute Gasteiger partial charge is 0.507 e. The van der Waals surface area contributed by atoms with Crippen LogP contribution in [0.2, 0.25) is 0 Å². The van der Waals surface area contributed by atoms with Gasteiger partial charge in [0.2, 0.25) is 0 Å². The molecule has 2 aliphatic heterocycles. The zero-order valence-electron chi connectivity index (χ0n) is 27.6. The minimum Gasteiger partial charge on any atom is -0.507 e. The van der Waals surface area contributed by atoms with Gasteiger partial charge in [0.15, 0.2) is 23.0 Å². The van der Waals surface area contributed by atoms with Crippen molar-refractivity contribution in [2.45, 2.75) is 53.4 Å². The second kappa shape index (κ2) is 12.7. The van der Waals surface area contributed by atoms with Crippen molar-refractivity contribution in [2.24, 2.45) is 0 Å². The van der Waals surface area contributed by atoms with E-state index in [1.807, 2.05) is 27.7 Å². The van der Waals surface area contributed by atoms with E-state index in [9.17, 15) is 40.2 Å². The maximum absolute atomic E-state index is 12.7. The van der Waals surface area contributed by atoms with Gasteiger partial charge in [-0.1, -0.05) is 87.8 Å². The summed E-state index contributed by atoms with van der Waals surface area (Å²) >= 11 is 12.2. The van der Waals surface area contributed by atoms with Crippen LogP contribution in [0.5, 0.6) is 34.5 Å². The van der Waals surface area contributed by atoms with E-state index >= 15 is 0 Å². The molecule has 258 valence electrons. The average molecular weight is 749 g/mol. The summed E-state index contributed by atoms with van der Waals surface area (Å²) in [7, 11) is 0. The lowest BCUT2D eigenvalue weighted by molar-refractivity contribution is -0.116. The monoisotopic (exact) mass is 748 g/mol. The predicted molar refractivity (Wildman–Crippen MR) is 207 cm³/mol. The van der Waals surface area contributed by atoms with Crippen LogP contribution in [0.1, 0.15) is 72.9 Å². The highest BCUT2D eigenvalue weighted by Gasteiger charge is 2.32. The fourth-order valence-electron chi connectivity index (χ4n) is 6.76. The number of benzene rings is 4. The Bertz CT molecular complexity index is 2180. The van der Waals surface area contributed by atoms with Gasteiger partial charge in [0, 0.05) is 44.2 Å². The van der Waals surface area contributed by atoms with Crippen LogP contribution in [0.3, 0.4) is 0 Å². The van der Waals surface area contributed by atoms with E-state index in [2.05, 4.69) is 10.6 Å². The fraction of sp³-hybridized carbons (Fsp3) is 0.222. The first-order valence-electron chi connectivity index (χ1n) is 15.4. The van der Waals surface area contributed by atoms with Gasteiger partial charge in [0.25, 0.3) is 11.8 Å². The molecule has 50 heavy (non-hydrogen) atoms. The van der Waals surface area contributed by atoms with Gasteiger partial charge in [-0.05, 0) is 59.7 Å². The lowest BCUT2D eigenvalue weighted by Gasteiger charge is -2.24. The van der Waals surface area contributed by atoms with Gasteiger partial charge in [-0.3, -0.25) is 9.59 Å². The number of thioether (sulfide) groups is 2. The summed E-state index contributed by atoms with van der Waals surface area (Å²) in [4.78, 5) is 25.6. The van der Waals surface area contributed by atoms with Gasteiger partial charge < -0.3 is 41.3 Å². The van der Waals surface area contributed by atoms with Gasteiger partial charge >= 0.3 is 0 Å². The highest BCUT2D eigenvalue weighted by atomic mass is 32.2. The van der Waals surface area contributed by atoms with Crippen LogP contribution in [-0.4, -0.2) is 51.1 Å². The van der Waals surface area contributed by atoms with E-state index in [4.69, 9.17) is 24.4 Å². The molecule has 0 aromatic heterocycles. The molecule has 10 nitrogen and oxygen atoms in total. The summed E-state index contributed by atoms with van der Waals surface area (Å²) in [5, 5.41) is 75.8. The number of aryl methyl sites for hydroxylation is 2. The highest BCUT2D eigenvalue weighted by Crippen LogP contribution is 2.55. The van der Waals surface area contributed by atoms with Crippen LogP contribution in [0.25, 0.3) is 44.8 Å². The molecule has 4 aromatic carbocycles. The summed E-state index contributed by atoms with van der Waals surface area (Å²) in [6.45, 7) is 10.7. The molecule has 2 fully saturated rings. The molecule has 0 spiro atoms. The van der Waals surface area contributed by atoms with Crippen LogP contribution in [-0.2, 0) is 9.59 Å². The van der Waals surface area contributed by atoms with Gasteiger partial charge in [0.05, 0.1) is 9.81 Å². The summed E-state index contributed by atoms with van der Waals surface area (Å²) in [5.41, 5.74) is 2.02. The molecule has 2 saturated heterocycles. The zero-order valence-corrected chi connectivity index (χ0v) is 30.9. The number of thiocarbonyl (C=S) groups is 2. The Morgan fingerprint density at radius 3 is 1.22 bits per heavy atom. The number of carbonyl (C=O) groups is 2. The van der Waals surface area contributed by atoms with Gasteiger partial charge in [-0.25, -0.2) is 0 Å². The molecule has 0 atom stereocenters. The third kappa shape index (κ3) is 5.50. The summed E-state index contributed by atoms with van der Waals surface area (Å²) in [6, 6.07) is 3.46. The normalized spacial score (nSPS) is 16.6. The van der Waals surface area contributed by atoms with Crippen LogP contribution < -0.4 is 10.6 Å². The van der Waals surface area contributed by atoms with Crippen molar-refractivity contribution in [3.63, 3.8) is 0 Å². The molecule has 2 aliphatic rings. The predicted octanol–water partition coefficient (Wildman–Crippen LogP) is 7.73. The fourth-order valence-corrected chi connectivity index (χ4v) is 8.81. The topological polar surface area (TPSA) is 180 Å². The molecule has 0 saturated carbocycles. The SMILES string of the molecule is Cc1cc2c(C(C)C)c(O)c(O)c(/C=C3\SC(=S)NC3=O)c2c(O)c1-c1c(C)cc2c(C(C)C)c(O)c(O)c(/C=C3\SC(=S)NC3=O)c2c1O. The Balaban J connectivity index is 1.77. The van der Waals surface area contributed by atoms with Crippen molar-refractivity contribution in [1.29, 1.82) is 0 Å². The Hall–Kier alpha value is -4.50. The Labute approximate surface area is 305 Å². The Morgan fingerprint density at radius 1 is 0.600 bits per heavy atom. The zero-order chi connectivity index (χ0) is 36.7. The number of hydrogen-bond donors (Lipinski definition) is 8. The average Bonchev–Trinajstić information content (AvgIpc) is 3.51. The van der Waals surface area contributed by atoms with Crippen LogP contribution in [0.15, 0.2) is 21.9 Å². The first-order chi connectivity index (χ1) is 23.4. The number of nitrogens with one attached hydrogen (secondary N) is 2. The highest BCUT2D eigenvalue weighted by molar-refractivity contribution is 8.27. The van der Waals surface area contributed by atoms with E-state index in [-0.39, 0.29) is 74.8 Å². The lowest BCUT2D eigenvalue weighted by atomic mass is 9.83. The molecular weight excluding hydrogens is 717 g/mol. The molecule has 0 unspecified atom stereocenters. The quantitative estimate of drug-likeness (QED) is 0.0566. The van der Waals surface area contributed by atoms with Gasteiger partial charge in [0.1, 0.15) is 20.1 Å². The molecule has 4 aromatic rings. The number of phenols is 6. The lowest BCUT2D eigenvalue weighted by Crippen LogP contribution is -2.17. The molecule has 14 heteroatoms. The number of rotatable bonds is 5. The molecule has 0 aliphatic carbocycles.